The van der Waals surface area contributed by atoms with Crippen molar-refractivity contribution in [2.75, 3.05) is 33.2 Å². The van der Waals surface area contributed by atoms with Crippen molar-refractivity contribution in [3.63, 3.8) is 0 Å². The maximum absolute atomic E-state index is 12.9. The van der Waals surface area contributed by atoms with Crippen LogP contribution in [0.5, 0.6) is 0 Å². The molecule has 2 aliphatic heterocycles. The van der Waals surface area contributed by atoms with Gasteiger partial charge in [0, 0.05) is 48.7 Å². The average Bonchev–Trinajstić information content (AvgIpc) is 2.84. The monoisotopic (exact) mass is 497 g/mol. The molecule has 0 spiro atoms. The third kappa shape index (κ3) is 5.59. The molecular weight excluding hydrogens is 466 g/mol. The number of hydrogen-bond acceptors (Lipinski definition) is 3. The summed E-state index contributed by atoms with van der Waals surface area (Å²) in [6, 6.07) is 18.3. The van der Waals surface area contributed by atoms with Gasteiger partial charge in [0.1, 0.15) is 0 Å². The van der Waals surface area contributed by atoms with Crippen LogP contribution in [0.2, 0.25) is 0 Å². The van der Waals surface area contributed by atoms with E-state index in [2.05, 4.69) is 33.0 Å². The van der Waals surface area contributed by atoms with E-state index in [1.807, 2.05) is 59.3 Å². The lowest BCUT2D eigenvalue weighted by atomic mass is 9.92. The maximum atomic E-state index is 12.9. The van der Waals surface area contributed by atoms with E-state index in [1.54, 1.807) is 0 Å². The first-order valence-corrected chi connectivity index (χ1v) is 12.4. The van der Waals surface area contributed by atoms with Crippen LogP contribution in [0, 0.1) is 5.92 Å². The predicted molar refractivity (Wildman–Crippen MR) is 130 cm³/mol. The lowest BCUT2D eigenvalue weighted by Gasteiger charge is -2.42. The van der Waals surface area contributed by atoms with Gasteiger partial charge in [0.25, 0.3) is 5.91 Å². The Morgan fingerprint density at radius 1 is 0.938 bits per heavy atom. The zero-order chi connectivity index (χ0) is 22.5. The second kappa shape index (κ2) is 10.6. The SMILES string of the molecule is CN(Cc1ccccc1)C(=O)C1CCN(C2CCN(C(=O)c3cccc(Br)c3)CC2)CC1. The van der Waals surface area contributed by atoms with Crippen molar-refractivity contribution >= 4 is 27.7 Å². The summed E-state index contributed by atoms with van der Waals surface area (Å²) in [5.41, 5.74) is 1.92. The number of amides is 2. The molecule has 2 saturated heterocycles. The molecule has 170 valence electrons. The standard InChI is InChI=1S/C26H32BrN3O2/c1-28(19-20-6-3-2-4-7-20)25(31)21-10-14-29(15-11-21)24-12-16-30(17-13-24)26(32)22-8-5-9-23(27)18-22/h2-9,18,21,24H,10-17,19H2,1H3. The first-order chi connectivity index (χ1) is 15.5. The van der Waals surface area contributed by atoms with Crippen LogP contribution in [0.15, 0.2) is 59.1 Å². The fraction of sp³-hybridized carbons (Fsp3) is 0.462. The number of nitrogens with zero attached hydrogens (tertiary/aromatic N) is 3. The second-order valence-electron chi connectivity index (χ2n) is 9.02. The van der Waals surface area contributed by atoms with E-state index in [4.69, 9.17) is 0 Å². The van der Waals surface area contributed by atoms with Gasteiger partial charge in [-0.05, 0) is 62.5 Å². The Kier molecular flexibility index (Phi) is 7.63. The fourth-order valence-electron chi connectivity index (χ4n) is 5.00. The Morgan fingerprint density at radius 3 is 2.28 bits per heavy atom. The topological polar surface area (TPSA) is 43.9 Å². The summed E-state index contributed by atoms with van der Waals surface area (Å²) in [4.78, 5) is 32.1. The third-order valence-electron chi connectivity index (χ3n) is 6.86. The van der Waals surface area contributed by atoms with Crippen LogP contribution >= 0.6 is 15.9 Å². The first kappa shape index (κ1) is 23.0. The normalized spacial score (nSPS) is 18.5. The lowest BCUT2D eigenvalue weighted by molar-refractivity contribution is -0.136. The summed E-state index contributed by atoms with van der Waals surface area (Å²) >= 11 is 3.45. The number of benzene rings is 2. The van der Waals surface area contributed by atoms with Gasteiger partial charge in [-0.2, -0.15) is 0 Å². The molecule has 2 amide bonds. The molecule has 2 aromatic carbocycles. The number of carbonyl (C=O) groups excluding carboxylic acids is 2. The van der Waals surface area contributed by atoms with Gasteiger partial charge in [0.05, 0.1) is 0 Å². The van der Waals surface area contributed by atoms with Crippen molar-refractivity contribution in [1.82, 2.24) is 14.7 Å². The quantitative estimate of drug-likeness (QED) is 0.613. The van der Waals surface area contributed by atoms with Crippen LogP contribution in [0.25, 0.3) is 0 Å². The molecule has 2 aliphatic rings. The van der Waals surface area contributed by atoms with E-state index in [0.29, 0.717) is 12.6 Å². The van der Waals surface area contributed by atoms with Gasteiger partial charge in [-0.1, -0.05) is 52.3 Å². The number of likely N-dealkylation sites (tertiary alicyclic amines) is 2. The summed E-state index contributed by atoms with van der Waals surface area (Å²) < 4.78 is 0.935. The molecule has 5 nitrogen and oxygen atoms in total. The lowest BCUT2D eigenvalue weighted by Crippen LogP contribution is -2.50. The van der Waals surface area contributed by atoms with Gasteiger partial charge in [-0.25, -0.2) is 0 Å². The number of halogens is 1. The summed E-state index contributed by atoms with van der Waals surface area (Å²) in [6.45, 7) is 4.22. The van der Waals surface area contributed by atoms with Crippen molar-refractivity contribution in [3.05, 3.63) is 70.2 Å². The van der Waals surface area contributed by atoms with Gasteiger partial charge in [-0.15, -0.1) is 0 Å². The zero-order valence-corrected chi connectivity index (χ0v) is 20.3. The Hall–Kier alpha value is -2.18. The van der Waals surface area contributed by atoms with Gasteiger partial charge in [-0.3, -0.25) is 9.59 Å². The summed E-state index contributed by atoms with van der Waals surface area (Å²) in [5.74, 6) is 0.511. The fourth-order valence-corrected chi connectivity index (χ4v) is 5.40. The highest BCUT2D eigenvalue weighted by molar-refractivity contribution is 9.10. The molecular formula is C26H32BrN3O2. The van der Waals surface area contributed by atoms with Crippen molar-refractivity contribution in [3.8, 4) is 0 Å². The average molecular weight is 498 g/mol. The maximum Gasteiger partial charge on any atom is 0.253 e. The number of carbonyl (C=O) groups is 2. The largest absolute Gasteiger partial charge is 0.341 e. The highest BCUT2D eigenvalue weighted by Crippen LogP contribution is 2.26. The van der Waals surface area contributed by atoms with Crippen molar-refractivity contribution in [1.29, 1.82) is 0 Å². The van der Waals surface area contributed by atoms with Crippen LogP contribution in [-0.4, -0.2) is 65.8 Å². The highest BCUT2D eigenvalue weighted by Gasteiger charge is 2.32. The molecule has 2 fully saturated rings. The molecule has 0 unspecified atom stereocenters. The van der Waals surface area contributed by atoms with E-state index < -0.39 is 0 Å². The van der Waals surface area contributed by atoms with Crippen molar-refractivity contribution < 1.29 is 9.59 Å². The van der Waals surface area contributed by atoms with Gasteiger partial charge in [0.2, 0.25) is 5.91 Å². The van der Waals surface area contributed by atoms with Gasteiger partial charge >= 0.3 is 0 Å². The molecule has 0 bridgehead atoms. The molecule has 0 N–H and O–H groups in total. The Bertz CT molecular complexity index is 920. The molecule has 0 radical (unpaired) electrons. The van der Waals surface area contributed by atoms with E-state index in [9.17, 15) is 9.59 Å². The molecule has 0 aromatic heterocycles. The molecule has 4 rings (SSSR count). The first-order valence-electron chi connectivity index (χ1n) is 11.6. The minimum Gasteiger partial charge on any atom is -0.341 e. The van der Waals surface area contributed by atoms with Crippen LogP contribution in [0.1, 0.15) is 41.6 Å². The Balaban J connectivity index is 1.23. The van der Waals surface area contributed by atoms with Crippen LogP contribution < -0.4 is 0 Å². The third-order valence-corrected chi connectivity index (χ3v) is 7.35. The molecule has 0 aliphatic carbocycles. The molecule has 32 heavy (non-hydrogen) atoms. The highest BCUT2D eigenvalue weighted by atomic mass is 79.9. The van der Waals surface area contributed by atoms with Crippen molar-refractivity contribution in [2.24, 2.45) is 5.92 Å². The molecule has 0 saturated carbocycles. The van der Waals surface area contributed by atoms with Gasteiger partial charge in [0.15, 0.2) is 0 Å². The van der Waals surface area contributed by atoms with E-state index in [-0.39, 0.29) is 17.7 Å². The second-order valence-corrected chi connectivity index (χ2v) is 9.94. The number of piperidine rings is 2. The summed E-state index contributed by atoms with van der Waals surface area (Å²) in [5, 5.41) is 0. The number of hydrogen-bond donors (Lipinski definition) is 0. The minimum atomic E-state index is 0.121. The van der Waals surface area contributed by atoms with E-state index >= 15 is 0 Å². The molecule has 0 atom stereocenters. The Labute approximate surface area is 199 Å². The molecule has 2 heterocycles. The summed E-state index contributed by atoms with van der Waals surface area (Å²) in [7, 11) is 1.92. The van der Waals surface area contributed by atoms with Crippen molar-refractivity contribution in [2.45, 2.75) is 38.3 Å². The predicted octanol–water partition coefficient (Wildman–Crippen LogP) is 4.42. The van der Waals surface area contributed by atoms with Gasteiger partial charge < -0.3 is 14.7 Å². The molecule has 2 aromatic rings. The summed E-state index contributed by atoms with van der Waals surface area (Å²) in [6.07, 6.45) is 3.86. The van der Waals surface area contributed by atoms with Crippen LogP contribution in [-0.2, 0) is 11.3 Å². The van der Waals surface area contributed by atoms with Crippen LogP contribution in [0.3, 0.4) is 0 Å². The smallest absolute Gasteiger partial charge is 0.253 e. The number of rotatable bonds is 5. The minimum absolute atomic E-state index is 0.121. The van der Waals surface area contributed by atoms with E-state index in [0.717, 1.165) is 61.9 Å². The Morgan fingerprint density at radius 2 is 1.62 bits per heavy atom. The van der Waals surface area contributed by atoms with E-state index in [1.165, 1.54) is 5.56 Å². The van der Waals surface area contributed by atoms with Crippen LogP contribution in [0.4, 0.5) is 0 Å². The zero-order valence-electron chi connectivity index (χ0n) is 18.8. The molecule has 6 heteroatoms.